The zero-order valence-electron chi connectivity index (χ0n) is 54.1. The second kappa shape index (κ2) is 37.4. The largest absolute Gasteiger partial charge is 0.479 e. The molecule has 0 aromatic carbocycles. The van der Waals surface area contributed by atoms with Crippen LogP contribution in [0.25, 0.3) is 0 Å². The third kappa shape index (κ3) is 24.1. The van der Waals surface area contributed by atoms with Crippen LogP contribution in [0.2, 0.25) is 0 Å². The van der Waals surface area contributed by atoms with Crippen LogP contribution in [0.5, 0.6) is 0 Å². The smallest absolute Gasteiger partial charge is 0.397 e. The number of amides is 2. The van der Waals surface area contributed by atoms with Crippen LogP contribution in [-0.4, -0.2) is 418 Å². The molecule has 0 aromatic rings. The van der Waals surface area contributed by atoms with Gasteiger partial charge < -0.3 is 161 Å². The Hall–Kier alpha value is -3.89. The van der Waals surface area contributed by atoms with Gasteiger partial charge in [0.2, 0.25) is 11.8 Å². The van der Waals surface area contributed by atoms with E-state index in [2.05, 4.69) is 22.0 Å². The average molecular weight is 1680 g/mol. The Balaban J connectivity index is 0.000000405. The second-order valence-corrected chi connectivity index (χ2v) is 29.3. The predicted molar refractivity (Wildman–Crippen MR) is 317 cm³/mol. The molecule has 7 fully saturated rings. The van der Waals surface area contributed by atoms with Crippen molar-refractivity contribution in [1.82, 2.24) is 15.4 Å². The van der Waals surface area contributed by atoms with E-state index in [0.29, 0.717) is 0 Å². The maximum Gasteiger partial charge on any atom is 0.397 e. The van der Waals surface area contributed by atoms with Crippen LogP contribution >= 0.6 is 0 Å². The van der Waals surface area contributed by atoms with Crippen molar-refractivity contribution in [1.29, 1.82) is 0 Å². The van der Waals surface area contributed by atoms with Crippen LogP contribution in [0.15, 0.2) is 0 Å². The van der Waals surface area contributed by atoms with Gasteiger partial charge in [-0.1, -0.05) is 0 Å². The molecule has 7 aliphatic heterocycles. The highest BCUT2D eigenvalue weighted by molar-refractivity contribution is 7.83. The number of aliphatic hydroxyl groups excluding tert-OH is 14. The highest BCUT2D eigenvalue weighted by atomic mass is 32.3. The fourth-order valence-electron chi connectivity index (χ4n) is 11.6. The summed E-state index contributed by atoms with van der Waals surface area (Å²) in [5, 5.41) is 169. The number of nitrogens with one attached hydrogen (secondary N) is 3. The maximum atomic E-state index is 12.7. The van der Waals surface area contributed by atoms with Gasteiger partial charge in [-0.3, -0.25) is 32.4 Å². The van der Waals surface area contributed by atoms with Crippen molar-refractivity contribution in [2.75, 3.05) is 33.0 Å². The highest BCUT2D eigenvalue weighted by Crippen LogP contribution is 2.39. The third-order valence-corrected chi connectivity index (χ3v) is 18.7. The number of carbonyl (C=O) groups excluding carboxylic acids is 2. The predicted octanol–water partition coefficient (Wildman–Crippen LogP) is -18.2. The van der Waals surface area contributed by atoms with Crippen LogP contribution in [0.3, 0.4) is 0 Å². The lowest BCUT2D eigenvalue weighted by Gasteiger charge is -2.50. The lowest BCUT2D eigenvalue weighted by molar-refractivity contribution is -0.366. The van der Waals surface area contributed by atoms with E-state index in [0.717, 1.165) is 13.8 Å². The summed E-state index contributed by atoms with van der Waals surface area (Å²) in [5.74, 6) is -6.11. The third-order valence-electron chi connectivity index (χ3n) is 16.3. The number of carbonyl (C=O) groups is 4. The Morgan fingerprint density at radius 2 is 0.757 bits per heavy atom. The van der Waals surface area contributed by atoms with Crippen molar-refractivity contribution in [2.24, 2.45) is 11.5 Å². The maximum absolute atomic E-state index is 12.7. The van der Waals surface area contributed by atoms with Crippen molar-refractivity contribution in [2.45, 2.75) is 228 Å². The topological polar surface area (TPSA) is 900 Å². The minimum atomic E-state index is -6.09. The van der Waals surface area contributed by atoms with Crippen molar-refractivity contribution in [3.05, 3.63) is 0 Å². The zero-order valence-corrected chi connectivity index (χ0v) is 58.2. The van der Waals surface area contributed by atoms with Gasteiger partial charge in [0.05, 0.1) is 45.1 Å². The van der Waals surface area contributed by atoms with E-state index in [4.69, 9.17) is 72.9 Å². The van der Waals surface area contributed by atoms with Crippen molar-refractivity contribution < 1.29 is 239 Å². The van der Waals surface area contributed by atoms with Gasteiger partial charge in [0, 0.05) is 13.8 Å². The first-order chi connectivity index (χ1) is 49.2. The number of ether oxygens (including phenoxy) is 12. The van der Waals surface area contributed by atoms with E-state index in [1.54, 1.807) is 0 Å². The van der Waals surface area contributed by atoms with Crippen molar-refractivity contribution >= 4 is 75.7 Å². The Labute approximate surface area is 601 Å². The molecule has 624 valence electrons. The van der Waals surface area contributed by atoms with Crippen LogP contribution in [0.1, 0.15) is 13.8 Å². The molecular formula is C46H79N5O51S5. The van der Waals surface area contributed by atoms with Gasteiger partial charge in [0.1, 0.15) is 134 Å². The number of rotatable bonds is 29. The Kier molecular flexibility index (Phi) is 32.1. The monoisotopic (exact) mass is 1680 g/mol. The van der Waals surface area contributed by atoms with Gasteiger partial charge in [-0.15, -0.1) is 0 Å². The van der Waals surface area contributed by atoms with Gasteiger partial charge in [-0.05, 0) is 0 Å². The molecular weight excluding hydrogens is 1600 g/mol. The minimum absolute atomic E-state index is 0.627. The van der Waals surface area contributed by atoms with E-state index in [9.17, 15) is 161 Å². The van der Waals surface area contributed by atoms with Crippen LogP contribution < -0.4 is 26.8 Å². The fourth-order valence-corrected chi connectivity index (χ4v) is 14.0. The molecule has 2 amide bonds. The summed E-state index contributed by atoms with van der Waals surface area (Å²) in [6.45, 7) is -3.23. The van der Waals surface area contributed by atoms with Crippen molar-refractivity contribution in [3.63, 3.8) is 0 Å². The molecule has 15 unspecified atom stereocenters. The van der Waals surface area contributed by atoms with Crippen LogP contribution in [-0.2, 0) is 145 Å². The van der Waals surface area contributed by atoms with Gasteiger partial charge in [-0.25, -0.2) is 26.3 Å². The summed E-state index contributed by atoms with van der Waals surface area (Å²) in [6, 6.07) is -9.00. The summed E-state index contributed by atoms with van der Waals surface area (Å²) in [7, 11) is -29.1. The Morgan fingerprint density at radius 3 is 1.24 bits per heavy atom. The first-order valence-electron chi connectivity index (χ1n) is 30.2. The van der Waals surface area contributed by atoms with E-state index in [1.807, 2.05) is 5.32 Å². The minimum Gasteiger partial charge on any atom is -0.479 e. The standard InChI is InChI=1S/C26H42N2O37S5.C20H37N3O14/c1-4(30)27-7-9(31)13(6(56-23(7)39)3-55-67(43,44)45)58-26-19(65-70(52,53)54)12(34)16(20(62-26)22(37)38)60-24-8(28-66(40,41)42)15(63-68(46,47)48)14(5(2-29)57-24)59-25-18(64-69(49,50)51)11(33)10(32)17(61-25)21(35)36;1-5(27)23-11-15(31)17(36-19-10(22)13(29)12(28)6(2-24)34-19)8(4-26)35-20(11)37-16-7(3-25)33-18(32)9(21)14(16)30/h5-20,23-26,28-29,31-34,39H,2-3H2,1H3,(H,27,30)(H,35,36)(H,37,38)(H,40,41,42)(H,43,44,45)(H,46,47,48)(H,49,50,51)(H,52,53,54);6-20,24-26,28-32H,2-4,21-22H2,1H3,(H,23,27)/t5-,6+,7-,8-,9-,10-,11-,12+,13-,14-,15-,16+,17-,18+,19-,20+,23-,24+,25+,26-;/m1./s1. The number of aliphatic hydroxyl groups is 14. The SMILES string of the molecule is CC(=O)NC1C(OC2C(CO)OC(O)C(N)C2O)OC(CO)C(OC2OC(CO)C(O)C(O)C2N)C1O.CC(=O)N[C@@H]1[C@@H](O)[C@H](O[C@@H]2O[C@H](C(=O)O)[C@@H](O[C@@H]3O[C@H](CO)[C@@H](O[C@H]4O[C@@H](C(=O)O)[C@H](O)[C@@H](O)[C@@H]4OS(=O)(=O)O)[C@H](OS(=O)(=O)O)[C@H]3NS(=O)(=O)O)[C@H](O)[C@H]2OS(=O)(=O)O)[C@H](COS(=O)(=O)O)O[C@H]1O. The first kappa shape index (κ1) is 92.0. The molecule has 0 radical (unpaired) electrons. The lowest BCUT2D eigenvalue weighted by Crippen LogP contribution is -2.71. The molecule has 0 bridgehead atoms. The van der Waals surface area contributed by atoms with E-state index < -0.39 is 323 Å². The summed E-state index contributed by atoms with van der Waals surface area (Å²) in [6.07, 6.45) is -66.7. The molecule has 107 heavy (non-hydrogen) atoms. The number of carboxylic acid groups (broad SMARTS) is 2. The molecule has 0 aliphatic carbocycles. The van der Waals surface area contributed by atoms with Crippen LogP contribution in [0, 0.1) is 0 Å². The van der Waals surface area contributed by atoms with Crippen LogP contribution in [0.4, 0.5) is 0 Å². The molecule has 28 N–H and O–H groups in total. The molecule has 7 rings (SSSR count). The normalized spacial score (nSPS) is 42.6. The zero-order chi connectivity index (χ0) is 81.0. The molecule has 61 heteroatoms. The average Bonchev–Trinajstić information content (AvgIpc) is 0.770. The number of aliphatic carboxylic acids is 2. The molecule has 56 nitrogen and oxygen atoms in total. The molecule has 35 atom stereocenters. The van der Waals surface area contributed by atoms with E-state index in [1.165, 1.54) is 4.72 Å². The van der Waals surface area contributed by atoms with Gasteiger partial charge >= 0.3 is 63.8 Å². The fraction of sp³-hybridized carbons (Fsp3) is 0.913. The Bertz CT molecular complexity index is 3580. The second-order valence-electron chi connectivity index (χ2n) is 23.8. The molecule has 0 spiro atoms. The number of hydrogen-bond acceptors (Lipinski definition) is 46. The van der Waals surface area contributed by atoms with E-state index in [-0.39, 0.29) is 0 Å². The quantitative estimate of drug-likeness (QED) is 0.0309. The first-order valence-corrected chi connectivity index (χ1v) is 37.1. The summed E-state index contributed by atoms with van der Waals surface area (Å²) in [5.41, 5.74) is 11.6. The summed E-state index contributed by atoms with van der Waals surface area (Å²) < 4.78 is 250. The summed E-state index contributed by atoms with van der Waals surface area (Å²) in [4.78, 5) is 48.3. The molecule has 7 heterocycles. The molecule has 0 saturated carbocycles. The molecule has 7 aliphatic rings. The molecule has 0 aromatic heterocycles. The van der Waals surface area contributed by atoms with Gasteiger partial charge in [0.15, 0.2) is 68.4 Å². The van der Waals surface area contributed by atoms with Gasteiger partial charge in [-0.2, -0.15) is 46.8 Å². The molecule has 7 saturated heterocycles. The number of hydrogen-bond donors (Lipinski definition) is 26. The number of carboxylic acids is 2. The Morgan fingerprint density at radius 1 is 0.364 bits per heavy atom. The van der Waals surface area contributed by atoms with E-state index >= 15 is 0 Å². The van der Waals surface area contributed by atoms with Crippen molar-refractivity contribution in [3.8, 4) is 0 Å². The summed E-state index contributed by atoms with van der Waals surface area (Å²) >= 11 is 0. The highest BCUT2D eigenvalue weighted by Gasteiger charge is 2.61. The number of nitrogens with two attached hydrogens (primary N) is 2. The van der Waals surface area contributed by atoms with Gasteiger partial charge in [0.25, 0.3) is 0 Å². The lowest BCUT2D eigenvalue weighted by atomic mass is 9.94.